The largest absolute Gasteiger partial charge is 0.596 e. The lowest BCUT2D eigenvalue weighted by atomic mass is 9.89. The van der Waals surface area contributed by atoms with Crippen LogP contribution < -0.4 is 0 Å². The second-order valence-corrected chi connectivity index (χ2v) is 8.00. The normalized spacial score (nSPS) is 27.2. The van der Waals surface area contributed by atoms with E-state index in [0.717, 1.165) is 11.3 Å². The van der Waals surface area contributed by atoms with E-state index in [-0.39, 0.29) is 17.0 Å². The minimum absolute atomic E-state index is 0.00621. The molecular formula is C17H22F3O2S+. The second kappa shape index (κ2) is 7.16. The van der Waals surface area contributed by atoms with Gasteiger partial charge in [-0.25, -0.2) is 0 Å². The van der Waals surface area contributed by atoms with Crippen molar-refractivity contribution < 1.29 is 23.1 Å². The van der Waals surface area contributed by atoms with Crippen LogP contribution in [0.25, 0.3) is 0 Å². The molecule has 2 aliphatic carbocycles. The summed E-state index contributed by atoms with van der Waals surface area (Å²) < 4.78 is 38.4. The zero-order valence-corrected chi connectivity index (χ0v) is 14.1. The Labute approximate surface area is 138 Å². The van der Waals surface area contributed by atoms with Crippen LogP contribution in [0.3, 0.4) is 0 Å². The fraction of sp³-hybridized carbons (Fsp3) is 0.588. The molecule has 2 unspecified atom stereocenters. The van der Waals surface area contributed by atoms with Gasteiger partial charge < -0.3 is 5.11 Å². The van der Waals surface area contributed by atoms with Gasteiger partial charge in [-0.2, -0.15) is 13.2 Å². The Balaban J connectivity index is 1.92. The molecule has 0 heterocycles. The number of ketones is 1. The van der Waals surface area contributed by atoms with Crippen molar-refractivity contribution in [2.24, 2.45) is 11.8 Å². The lowest BCUT2D eigenvalue weighted by molar-refractivity contribution is -0.116. The number of hydrogen-bond donors (Lipinski definition) is 0. The predicted molar refractivity (Wildman–Crippen MR) is 87.1 cm³/mol. The monoisotopic (exact) mass is 347 g/mol. The van der Waals surface area contributed by atoms with Gasteiger partial charge in [0.05, 0.1) is 12.5 Å². The van der Waals surface area contributed by atoms with Gasteiger partial charge in [0.25, 0.3) is 0 Å². The van der Waals surface area contributed by atoms with E-state index in [1.165, 1.54) is 12.2 Å². The third-order valence-corrected chi connectivity index (χ3v) is 5.37. The van der Waals surface area contributed by atoms with Gasteiger partial charge in [0, 0.05) is 17.2 Å². The van der Waals surface area contributed by atoms with E-state index in [1.807, 2.05) is 6.92 Å². The van der Waals surface area contributed by atoms with Crippen LogP contribution in [0.1, 0.15) is 39.5 Å². The molecular weight excluding hydrogens is 325 g/mol. The average molecular weight is 347 g/mol. The Hall–Kier alpha value is -1.17. The lowest BCUT2D eigenvalue weighted by Crippen LogP contribution is -2.21. The third kappa shape index (κ3) is 5.16. The van der Waals surface area contributed by atoms with Gasteiger partial charge in [-0.1, -0.05) is 26.0 Å². The van der Waals surface area contributed by atoms with Crippen LogP contribution in [0, 0.1) is 11.8 Å². The Bertz CT molecular complexity index is 561. The highest BCUT2D eigenvalue weighted by Gasteiger charge is 2.38. The Morgan fingerprint density at radius 3 is 2.57 bits per heavy atom. The maximum absolute atomic E-state index is 12.8. The van der Waals surface area contributed by atoms with Crippen molar-refractivity contribution in [2.75, 3.05) is 0 Å². The van der Waals surface area contributed by atoms with Crippen molar-refractivity contribution >= 4 is 17.5 Å². The summed E-state index contributed by atoms with van der Waals surface area (Å²) in [4.78, 5) is 12.5. The number of thioether (sulfide) groups is 1. The molecule has 2 rings (SSSR count). The smallest absolute Gasteiger partial charge is 0.412 e. The average Bonchev–Trinajstić information content (AvgIpc) is 2.35. The number of alkyl halides is 3. The zero-order valence-electron chi connectivity index (χ0n) is 13.2. The Morgan fingerprint density at radius 2 is 2.00 bits per heavy atom. The molecule has 128 valence electrons. The van der Waals surface area contributed by atoms with Gasteiger partial charge in [-0.05, 0) is 29.6 Å². The molecule has 0 bridgehead atoms. The van der Waals surface area contributed by atoms with E-state index >= 15 is 0 Å². The molecule has 0 aliphatic heterocycles. The molecule has 0 aromatic rings. The molecule has 2 aliphatic rings. The summed E-state index contributed by atoms with van der Waals surface area (Å²) >= 11 is 1.59. The molecule has 0 aromatic carbocycles. The molecule has 0 aromatic heterocycles. The maximum atomic E-state index is 12.8. The molecule has 0 radical (unpaired) electrons. The molecule has 0 fully saturated rings. The quantitative estimate of drug-likeness (QED) is 0.703. The van der Waals surface area contributed by atoms with Crippen molar-refractivity contribution in [1.29, 1.82) is 0 Å². The summed E-state index contributed by atoms with van der Waals surface area (Å²) in [5.41, 5.74) is -0.462. The highest BCUT2D eigenvalue weighted by molar-refractivity contribution is 8.03. The van der Waals surface area contributed by atoms with Gasteiger partial charge in [-0.15, -0.1) is 11.8 Å². The molecule has 3 atom stereocenters. The fourth-order valence-electron chi connectivity index (χ4n) is 3.21. The highest BCUT2D eigenvalue weighted by Crippen LogP contribution is 2.41. The second-order valence-electron chi connectivity index (χ2n) is 6.43. The van der Waals surface area contributed by atoms with Crippen LogP contribution in [0.5, 0.6) is 0 Å². The molecule has 23 heavy (non-hydrogen) atoms. The highest BCUT2D eigenvalue weighted by atomic mass is 32.2. The van der Waals surface area contributed by atoms with E-state index in [2.05, 4.69) is 0 Å². The number of halogens is 3. The summed E-state index contributed by atoms with van der Waals surface area (Å²) in [6.45, 7) is 3.64. The summed E-state index contributed by atoms with van der Waals surface area (Å²) in [6, 6.07) is 0. The topological polar surface area (TPSA) is 40.0 Å². The van der Waals surface area contributed by atoms with Crippen molar-refractivity contribution in [3.05, 3.63) is 34.5 Å². The standard InChI is InChI=1S/C17H21F3O2S/c1-10-5-15(3-4-16(10)17(18,19)20)23-11(2)6-12-7-13(21)9-14(22)8-12/h3-4,9-12,21H,5-8H2,1-2H3/p+1/t10?,11-,12?/m1/s1. The SMILES string of the molecule is CC1CC(S[C@H](C)CC2CC(=O)C=C([OH2+])C2)=CC=C1C(F)(F)F. The number of rotatable bonds is 4. The Kier molecular flexibility index (Phi) is 5.65. The van der Waals surface area contributed by atoms with E-state index in [9.17, 15) is 18.0 Å². The molecule has 0 saturated heterocycles. The summed E-state index contributed by atoms with van der Waals surface area (Å²) in [5, 5.41) is 7.87. The van der Waals surface area contributed by atoms with Crippen molar-refractivity contribution in [1.82, 2.24) is 0 Å². The number of carbonyl (C=O) groups is 1. The molecule has 0 amide bonds. The van der Waals surface area contributed by atoms with Crippen LogP contribution in [0.15, 0.2) is 34.5 Å². The molecule has 2 nitrogen and oxygen atoms in total. The molecule has 2 N–H and O–H groups in total. The number of carbonyl (C=O) groups excluding carboxylic acids is 1. The molecule has 6 heteroatoms. The minimum Gasteiger partial charge on any atom is -0.596 e. The first-order valence-corrected chi connectivity index (χ1v) is 8.62. The third-order valence-electron chi connectivity index (χ3n) is 4.17. The van der Waals surface area contributed by atoms with Crippen LogP contribution >= 0.6 is 11.8 Å². The molecule has 0 saturated carbocycles. The van der Waals surface area contributed by atoms with Crippen LogP contribution in [0.2, 0.25) is 0 Å². The van der Waals surface area contributed by atoms with E-state index in [4.69, 9.17) is 5.11 Å². The van der Waals surface area contributed by atoms with Gasteiger partial charge >= 0.3 is 6.18 Å². The Morgan fingerprint density at radius 1 is 1.30 bits per heavy atom. The van der Waals surface area contributed by atoms with Gasteiger partial charge in [0.15, 0.2) is 5.78 Å². The first-order chi connectivity index (χ1) is 10.6. The van der Waals surface area contributed by atoms with Crippen LogP contribution in [0.4, 0.5) is 13.2 Å². The van der Waals surface area contributed by atoms with Gasteiger partial charge in [-0.3, -0.25) is 4.79 Å². The zero-order chi connectivity index (χ0) is 17.2. The lowest BCUT2D eigenvalue weighted by Gasteiger charge is -2.26. The van der Waals surface area contributed by atoms with Crippen LogP contribution in [-0.2, 0) is 4.79 Å². The first-order valence-electron chi connectivity index (χ1n) is 7.74. The van der Waals surface area contributed by atoms with E-state index in [1.54, 1.807) is 24.8 Å². The first kappa shape index (κ1) is 18.2. The van der Waals surface area contributed by atoms with E-state index in [0.29, 0.717) is 25.0 Å². The molecule has 0 spiro atoms. The summed E-state index contributed by atoms with van der Waals surface area (Å²) in [7, 11) is 0. The van der Waals surface area contributed by atoms with Gasteiger partial charge in [0.2, 0.25) is 5.76 Å². The fourth-order valence-corrected chi connectivity index (χ4v) is 4.59. The number of hydrogen-bond acceptors (Lipinski definition) is 2. The van der Waals surface area contributed by atoms with Gasteiger partial charge in [0.1, 0.15) is 0 Å². The van der Waals surface area contributed by atoms with Crippen LogP contribution in [-0.4, -0.2) is 22.3 Å². The summed E-state index contributed by atoms with van der Waals surface area (Å²) in [5.74, 6) is 0.0394. The van der Waals surface area contributed by atoms with Crippen molar-refractivity contribution in [3.63, 3.8) is 0 Å². The minimum atomic E-state index is -4.25. The van der Waals surface area contributed by atoms with E-state index < -0.39 is 17.7 Å². The van der Waals surface area contributed by atoms with Crippen molar-refractivity contribution in [2.45, 2.75) is 51.0 Å². The summed E-state index contributed by atoms with van der Waals surface area (Å²) in [6.07, 6.45) is 2.21. The van der Waals surface area contributed by atoms with Crippen molar-refractivity contribution in [3.8, 4) is 0 Å². The maximum Gasteiger partial charge on any atom is 0.412 e. The number of allylic oxidation sites excluding steroid dienone is 6. The predicted octanol–water partition coefficient (Wildman–Crippen LogP) is 4.50.